The summed E-state index contributed by atoms with van der Waals surface area (Å²) in [5, 5.41) is 9.90. The van der Waals surface area contributed by atoms with Crippen LogP contribution in [-0.2, 0) is 0 Å². The third-order valence-electron chi connectivity index (χ3n) is 15.2. The Kier molecular flexibility index (Phi) is 9.61. The Bertz CT molecular complexity index is 4920. The van der Waals surface area contributed by atoms with Crippen molar-refractivity contribution in [3.8, 4) is 67.8 Å². The SMILES string of the molecule is c1ccc(-c2nc(-c3ccccc3)nc(-c3cc(-c4cccc5sc6c(ccc7c8ccccc8n(-c8ccccc8)c76)c45)ccc3-c3cccc4sc5c(ccc6c7ccccc7n(-c7ccccc7)c65)c34)n2)cc1. The molecule has 5 nitrogen and oxygen atoms in total. The number of thiophene rings is 2. The highest BCUT2D eigenvalue weighted by atomic mass is 32.1. The van der Waals surface area contributed by atoms with Crippen molar-refractivity contribution in [3.63, 3.8) is 0 Å². The molecule has 0 unspecified atom stereocenters. The molecule has 0 radical (unpaired) electrons. The van der Waals surface area contributed by atoms with Gasteiger partial charge in [0.15, 0.2) is 17.5 Å². The monoisotopic (exact) mass is 1000 g/mol. The van der Waals surface area contributed by atoms with Crippen LogP contribution in [0.15, 0.2) is 249 Å². The van der Waals surface area contributed by atoms with E-state index in [0.29, 0.717) is 17.5 Å². The lowest BCUT2D eigenvalue weighted by Gasteiger charge is -2.15. The molecule has 0 aliphatic heterocycles. The Morgan fingerprint density at radius 2 is 0.711 bits per heavy atom. The Hall–Kier alpha value is -9.53. The van der Waals surface area contributed by atoms with Crippen molar-refractivity contribution in [3.05, 3.63) is 249 Å². The molecule has 354 valence electrons. The summed E-state index contributed by atoms with van der Waals surface area (Å²) in [6.45, 7) is 0. The van der Waals surface area contributed by atoms with Gasteiger partial charge in [-0.15, -0.1) is 22.7 Å². The summed E-state index contributed by atoms with van der Waals surface area (Å²) < 4.78 is 9.88. The smallest absolute Gasteiger partial charge is 0.164 e. The summed E-state index contributed by atoms with van der Waals surface area (Å²) in [4.78, 5) is 16.0. The van der Waals surface area contributed by atoms with Crippen LogP contribution >= 0.6 is 22.7 Å². The Morgan fingerprint density at radius 1 is 0.276 bits per heavy atom. The molecule has 0 amide bonds. The van der Waals surface area contributed by atoms with Crippen LogP contribution < -0.4 is 0 Å². The minimum atomic E-state index is 0.615. The minimum absolute atomic E-state index is 0.615. The quantitative estimate of drug-likeness (QED) is 0.160. The van der Waals surface area contributed by atoms with Gasteiger partial charge in [0.05, 0.1) is 31.5 Å². The summed E-state index contributed by atoms with van der Waals surface area (Å²) in [6.07, 6.45) is 0. The van der Waals surface area contributed by atoms with Gasteiger partial charge < -0.3 is 9.13 Å². The fourth-order valence-corrected chi connectivity index (χ4v) is 14.4. The highest BCUT2D eigenvalue weighted by Crippen LogP contribution is 2.50. The average molecular weight is 1000 g/mol. The molecule has 11 aromatic carbocycles. The van der Waals surface area contributed by atoms with Gasteiger partial charge in [-0.1, -0.05) is 194 Å². The Morgan fingerprint density at radius 3 is 1.24 bits per heavy atom. The topological polar surface area (TPSA) is 48.5 Å². The van der Waals surface area contributed by atoms with Crippen molar-refractivity contribution >= 4 is 107 Å². The number of aromatic nitrogens is 5. The largest absolute Gasteiger partial charge is 0.308 e. The maximum absolute atomic E-state index is 5.43. The van der Waals surface area contributed by atoms with Crippen LogP contribution in [0.2, 0.25) is 0 Å². The van der Waals surface area contributed by atoms with Gasteiger partial charge in [-0.05, 0) is 76.9 Å². The predicted octanol–water partition coefficient (Wildman–Crippen LogP) is 19.1. The minimum Gasteiger partial charge on any atom is -0.308 e. The molecule has 0 N–H and O–H groups in total. The molecule has 0 bridgehead atoms. The van der Waals surface area contributed by atoms with Crippen LogP contribution in [0.5, 0.6) is 0 Å². The van der Waals surface area contributed by atoms with E-state index < -0.39 is 0 Å². The standard InChI is InChI=1S/C69H41N5S2/c1-5-19-42(20-6-1)67-70-68(43-21-7-2-8-22-43)72-69(71-67)56-41-44(47-29-17-33-59-61(47)54-39-37-52-49-27-13-15-31-57(49)73(63(52)65(54)75-59)45-23-9-3-10-24-45)35-36-48(56)51-30-18-34-60-62(51)55-40-38-53-50-28-14-16-32-58(50)74(64(53)66(55)76-60)46-25-11-4-12-26-46/h1-41H. The second-order valence-electron chi connectivity index (χ2n) is 19.4. The van der Waals surface area contributed by atoms with E-state index in [1.54, 1.807) is 0 Å². The van der Waals surface area contributed by atoms with E-state index in [4.69, 9.17) is 15.0 Å². The summed E-state index contributed by atoms with van der Waals surface area (Å²) in [5.74, 6) is 1.86. The fraction of sp³-hybridized carbons (Fsp3) is 0. The average Bonchev–Trinajstić information content (AvgIpc) is 4.33. The van der Waals surface area contributed by atoms with Crippen molar-refractivity contribution in [2.45, 2.75) is 0 Å². The lowest BCUT2D eigenvalue weighted by Crippen LogP contribution is -2.01. The van der Waals surface area contributed by atoms with E-state index >= 15 is 0 Å². The Balaban J connectivity index is 0.976. The first kappa shape index (κ1) is 42.9. The molecule has 0 aliphatic carbocycles. The molecule has 0 fully saturated rings. The summed E-state index contributed by atoms with van der Waals surface area (Å²) in [7, 11) is 0. The van der Waals surface area contributed by atoms with Gasteiger partial charge in [-0.3, -0.25) is 0 Å². The van der Waals surface area contributed by atoms with Crippen molar-refractivity contribution in [2.75, 3.05) is 0 Å². The third-order valence-corrected chi connectivity index (χ3v) is 17.5. The molecule has 0 atom stereocenters. The number of hydrogen-bond acceptors (Lipinski definition) is 5. The van der Waals surface area contributed by atoms with Crippen molar-refractivity contribution in [2.24, 2.45) is 0 Å². The molecule has 5 aromatic heterocycles. The lowest BCUT2D eigenvalue weighted by atomic mass is 9.90. The molecule has 0 spiro atoms. The first-order chi connectivity index (χ1) is 37.7. The van der Waals surface area contributed by atoms with Crippen LogP contribution in [0, 0.1) is 0 Å². The van der Waals surface area contributed by atoms with Gasteiger partial charge in [0.25, 0.3) is 0 Å². The Labute approximate surface area is 444 Å². The molecule has 5 heterocycles. The third kappa shape index (κ3) is 6.53. The molecule has 0 saturated heterocycles. The number of para-hydroxylation sites is 4. The second kappa shape index (κ2) is 17.0. The second-order valence-corrected chi connectivity index (χ2v) is 21.5. The molecular weight excluding hydrogens is 963 g/mol. The number of benzene rings is 11. The van der Waals surface area contributed by atoms with E-state index in [-0.39, 0.29) is 0 Å². The van der Waals surface area contributed by atoms with Crippen LogP contribution in [0.3, 0.4) is 0 Å². The summed E-state index contributed by atoms with van der Waals surface area (Å²) in [5.41, 5.74) is 14.4. The first-order valence-corrected chi connectivity index (χ1v) is 27.2. The highest BCUT2D eigenvalue weighted by molar-refractivity contribution is 7.27. The molecule has 0 aliphatic rings. The zero-order valence-electron chi connectivity index (χ0n) is 40.7. The molecule has 0 saturated carbocycles. The van der Waals surface area contributed by atoms with Crippen LogP contribution in [0.1, 0.15) is 0 Å². The number of hydrogen-bond donors (Lipinski definition) is 0. The fourth-order valence-electron chi connectivity index (χ4n) is 11.9. The van der Waals surface area contributed by atoms with Gasteiger partial charge in [-0.2, -0.15) is 0 Å². The van der Waals surface area contributed by atoms with Gasteiger partial charge in [0, 0.05) is 80.6 Å². The van der Waals surface area contributed by atoms with E-state index in [0.717, 1.165) is 50.3 Å². The molecule has 16 aromatic rings. The van der Waals surface area contributed by atoms with Gasteiger partial charge in [0.2, 0.25) is 0 Å². The number of rotatable bonds is 7. The first-order valence-electron chi connectivity index (χ1n) is 25.6. The maximum atomic E-state index is 5.43. The molecule has 7 heteroatoms. The van der Waals surface area contributed by atoms with Gasteiger partial charge in [-0.25, -0.2) is 15.0 Å². The normalized spacial score (nSPS) is 11.9. The van der Waals surface area contributed by atoms with Gasteiger partial charge >= 0.3 is 0 Å². The lowest BCUT2D eigenvalue weighted by molar-refractivity contribution is 1.07. The van der Waals surface area contributed by atoms with Crippen molar-refractivity contribution in [1.29, 1.82) is 0 Å². The highest BCUT2D eigenvalue weighted by Gasteiger charge is 2.24. The van der Waals surface area contributed by atoms with E-state index in [2.05, 4.69) is 221 Å². The molecule has 16 rings (SSSR count). The van der Waals surface area contributed by atoms with Crippen molar-refractivity contribution < 1.29 is 0 Å². The maximum Gasteiger partial charge on any atom is 0.164 e. The van der Waals surface area contributed by atoms with E-state index in [1.807, 2.05) is 59.1 Å². The zero-order chi connectivity index (χ0) is 49.8. The number of fused-ring (bicyclic) bond motifs is 14. The molecular formula is C69H41N5S2. The number of nitrogens with zero attached hydrogens (tertiary/aromatic N) is 5. The predicted molar refractivity (Wildman–Crippen MR) is 321 cm³/mol. The van der Waals surface area contributed by atoms with Gasteiger partial charge in [0.1, 0.15) is 0 Å². The van der Waals surface area contributed by atoms with Crippen LogP contribution in [0.4, 0.5) is 0 Å². The summed E-state index contributed by atoms with van der Waals surface area (Å²) >= 11 is 3.74. The van der Waals surface area contributed by atoms with Crippen LogP contribution in [0.25, 0.3) is 152 Å². The molecule has 76 heavy (non-hydrogen) atoms. The van der Waals surface area contributed by atoms with Crippen LogP contribution in [-0.4, -0.2) is 24.1 Å². The summed E-state index contributed by atoms with van der Waals surface area (Å²) in [6, 6.07) is 89.5. The van der Waals surface area contributed by atoms with E-state index in [1.165, 1.54) is 84.0 Å². The van der Waals surface area contributed by atoms with Crippen molar-refractivity contribution in [1.82, 2.24) is 24.1 Å². The zero-order valence-corrected chi connectivity index (χ0v) is 42.4. The van der Waals surface area contributed by atoms with E-state index in [9.17, 15) is 0 Å².